The third-order valence-corrected chi connectivity index (χ3v) is 1.86. The molecule has 2 N–H and O–H groups in total. The number of pyridine rings is 1. The van der Waals surface area contributed by atoms with Gasteiger partial charge in [-0.1, -0.05) is 6.07 Å². The van der Waals surface area contributed by atoms with Crippen molar-refractivity contribution in [1.29, 1.82) is 0 Å². The first-order chi connectivity index (χ1) is 4.88. The third-order valence-electron chi connectivity index (χ3n) is 1.86. The van der Waals surface area contributed by atoms with Gasteiger partial charge in [-0.05, 0) is 12.5 Å². The molecule has 2 atom stereocenters. The topological polar surface area (TPSA) is 38.9 Å². The number of aromatic nitrogens is 1. The van der Waals surface area contributed by atoms with Crippen LogP contribution in [-0.2, 0) is 0 Å². The Morgan fingerprint density at radius 2 is 2.50 bits per heavy atom. The molecule has 0 aliphatic heterocycles. The van der Waals surface area contributed by atoms with E-state index in [-0.39, 0.29) is 0 Å². The van der Waals surface area contributed by atoms with E-state index in [0.29, 0.717) is 12.0 Å². The fraction of sp³-hybridized carbons (Fsp3) is 0.375. The number of rotatable bonds is 1. The zero-order chi connectivity index (χ0) is 6.97. The van der Waals surface area contributed by atoms with Crippen molar-refractivity contribution in [2.45, 2.75) is 18.4 Å². The van der Waals surface area contributed by atoms with E-state index in [1.807, 2.05) is 12.1 Å². The summed E-state index contributed by atoms with van der Waals surface area (Å²) in [6, 6.07) is 7.10. The standard InChI is InChI=1S/C8H9N2/c9-7-5-6(7)8-3-1-2-4-10-8/h1,3-4,6-7H,5,9H2. The van der Waals surface area contributed by atoms with Gasteiger partial charge in [0.25, 0.3) is 0 Å². The second-order valence-corrected chi connectivity index (χ2v) is 2.69. The largest absolute Gasteiger partial charge is 0.327 e. The SMILES string of the molecule is NC1CC1c1cc[c]cn1. The van der Waals surface area contributed by atoms with Crippen LogP contribution in [0.5, 0.6) is 0 Å². The molecule has 0 bridgehead atoms. The first-order valence-electron chi connectivity index (χ1n) is 3.45. The average molecular weight is 133 g/mol. The molecule has 1 aromatic rings. The molecule has 2 unspecified atom stereocenters. The van der Waals surface area contributed by atoms with Crippen molar-refractivity contribution >= 4 is 0 Å². The van der Waals surface area contributed by atoms with E-state index >= 15 is 0 Å². The van der Waals surface area contributed by atoms with E-state index in [2.05, 4.69) is 11.1 Å². The van der Waals surface area contributed by atoms with Crippen LogP contribution in [0.3, 0.4) is 0 Å². The lowest BCUT2D eigenvalue weighted by Crippen LogP contribution is -2.01. The van der Waals surface area contributed by atoms with Crippen LogP contribution in [0.4, 0.5) is 0 Å². The van der Waals surface area contributed by atoms with Crippen molar-refractivity contribution < 1.29 is 0 Å². The van der Waals surface area contributed by atoms with Crippen LogP contribution in [-0.4, -0.2) is 11.0 Å². The zero-order valence-electron chi connectivity index (χ0n) is 5.62. The zero-order valence-corrected chi connectivity index (χ0v) is 5.62. The maximum absolute atomic E-state index is 5.65. The molecule has 1 fully saturated rings. The van der Waals surface area contributed by atoms with Crippen molar-refractivity contribution in [2.75, 3.05) is 0 Å². The number of nitrogens with two attached hydrogens (primary N) is 1. The van der Waals surface area contributed by atoms with Gasteiger partial charge in [0, 0.05) is 29.9 Å². The van der Waals surface area contributed by atoms with Crippen LogP contribution < -0.4 is 5.73 Å². The van der Waals surface area contributed by atoms with Crippen LogP contribution in [0.25, 0.3) is 0 Å². The molecule has 51 valence electrons. The summed E-state index contributed by atoms with van der Waals surface area (Å²) in [6.07, 6.45) is 2.79. The molecule has 1 radical (unpaired) electrons. The van der Waals surface area contributed by atoms with E-state index in [1.54, 1.807) is 6.20 Å². The fourth-order valence-corrected chi connectivity index (χ4v) is 1.11. The normalized spacial score (nSPS) is 30.1. The predicted molar refractivity (Wildman–Crippen MR) is 38.4 cm³/mol. The minimum absolute atomic E-state index is 0.356. The monoisotopic (exact) mass is 133 g/mol. The first-order valence-corrected chi connectivity index (χ1v) is 3.45. The second kappa shape index (κ2) is 2.06. The molecule has 0 amide bonds. The quantitative estimate of drug-likeness (QED) is 0.612. The summed E-state index contributed by atoms with van der Waals surface area (Å²) in [6.45, 7) is 0. The predicted octanol–water partition coefficient (Wildman–Crippen LogP) is 0.696. The summed E-state index contributed by atoms with van der Waals surface area (Å²) in [5.41, 5.74) is 6.77. The van der Waals surface area contributed by atoms with E-state index < -0.39 is 0 Å². The Morgan fingerprint density at radius 1 is 1.70 bits per heavy atom. The highest BCUT2D eigenvalue weighted by molar-refractivity contribution is 5.19. The van der Waals surface area contributed by atoms with E-state index in [1.165, 1.54) is 0 Å². The molecule has 1 aromatic heterocycles. The Morgan fingerprint density at radius 3 is 3.00 bits per heavy atom. The van der Waals surface area contributed by atoms with Gasteiger partial charge in [0.05, 0.1) is 0 Å². The van der Waals surface area contributed by atoms with Gasteiger partial charge in [-0.25, -0.2) is 0 Å². The number of nitrogens with zero attached hydrogens (tertiary/aromatic N) is 1. The van der Waals surface area contributed by atoms with Gasteiger partial charge in [-0.3, -0.25) is 4.98 Å². The molecule has 1 aliphatic carbocycles. The summed E-state index contributed by atoms with van der Waals surface area (Å²) in [5.74, 6) is 0.523. The van der Waals surface area contributed by atoms with Crippen LogP contribution in [0.15, 0.2) is 18.3 Å². The third kappa shape index (κ3) is 0.907. The maximum Gasteiger partial charge on any atom is 0.0451 e. The number of hydrogen-bond acceptors (Lipinski definition) is 2. The average Bonchev–Trinajstić information content (AvgIpc) is 2.69. The lowest BCUT2D eigenvalue weighted by atomic mass is 10.2. The van der Waals surface area contributed by atoms with Crippen molar-refractivity contribution in [3.05, 3.63) is 30.1 Å². The van der Waals surface area contributed by atoms with Crippen LogP contribution >= 0.6 is 0 Å². The van der Waals surface area contributed by atoms with Gasteiger partial charge in [-0.2, -0.15) is 0 Å². The van der Waals surface area contributed by atoms with Crippen molar-refractivity contribution in [3.8, 4) is 0 Å². The summed E-state index contributed by atoms with van der Waals surface area (Å²) < 4.78 is 0. The van der Waals surface area contributed by atoms with Gasteiger partial charge in [0.15, 0.2) is 0 Å². The summed E-state index contributed by atoms with van der Waals surface area (Å²) in [5, 5.41) is 0. The van der Waals surface area contributed by atoms with Crippen molar-refractivity contribution in [1.82, 2.24) is 4.98 Å². The smallest absolute Gasteiger partial charge is 0.0451 e. The molecule has 0 aromatic carbocycles. The summed E-state index contributed by atoms with van der Waals surface area (Å²) in [7, 11) is 0. The van der Waals surface area contributed by atoms with Crippen molar-refractivity contribution in [3.63, 3.8) is 0 Å². The minimum atomic E-state index is 0.356. The van der Waals surface area contributed by atoms with Gasteiger partial charge >= 0.3 is 0 Å². The number of hydrogen-bond donors (Lipinski definition) is 1. The first kappa shape index (κ1) is 5.86. The van der Waals surface area contributed by atoms with Gasteiger partial charge in [-0.15, -0.1) is 0 Å². The Bertz CT molecular complexity index is 220. The second-order valence-electron chi connectivity index (χ2n) is 2.69. The molecule has 1 saturated carbocycles. The maximum atomic E-state index is 5.65. The lowest BCUT2D eigenvalue weighted by Gasteiger charge is -1.92. The molecular formula is C8H9N2. The Kier molecular flexibility index (Phi) is 1.21. The van der Waals surface area contributed by atoms with Crippen LogP contribution in [0, 0.1) is 6.07 Å². The summed E-state index contributed by atoms with van der Waals surface area (Å²) >= 11 is 0. The van der Waals surface area contributed by atoms with Gasteiger partial charge in [0.1, 0.15) is 0 Å². The molecular weight excluding hydrogens is 124 g/mol. The molecule has 0 spiro atoms. The highest BCUT2D eigenvalue weighted by Gasteiger charge is 2.35. The molecule has 2 nitrogen and oxygen atoms in total. The fourth-order valence-electron chi connectivity index (χ4n) is 1.11. The minimum Gasteiger partial charge on any atom is -0.327 e. The van der Waals surface area contributed by atoms with E-state index in [0.717, 1.165) is 12.1 Å². The molecule has 0 saturated heterocycles. The van der Waals surface area contributed by atoms with E-state index in [4.69, 9.17) is 5.73 Å². The molecule has 2 heteroatoms. The highest BCUT2D eigenvalue weighted by Crippen LogP contribution is 2.37. The van der Waals surface area contributed by atoms with E-state index in [9.17, 15) is 0 Å². The van der Waals surface area contributed by atoms with Gasteiger partial charge < -0.3 is 5.73 Å². The highest BCUT2D eigenvalue weighted by atomic mass is 14.8. The Labute approximate surface area is 60.1 Å². The molecule has 10 heavy (non-hydrogen) atoms. The lowest BCUT2D eigenvalue weighted by molar-refractivity contribution is 0.945. The van der Waals surface area contributed by atoms with Crippen LogP contribution in [0.2, 0.25) is 0 Å². The molecule has 1 heterocycles. The van der Waals surface area contributed by atoms with Crippen molar-refractivity contribution in [2.24, 2.45) is 5.73 Å². The molecule has 1 aliphatic rings. The van der Waals surface area contributed by atoms with Gasteiger partial charge in [0.2, 0.25) is 0 Å². The summed E-state index contributed by atoms with van der Waals surface area (Å²) in [4.78, 5) is 4.16. The Hall–Kier alpha value is -0.890. The Balaban J connectivity index is 2.20. The molecule has 2 rings (SSSR count). The van der Waals surface area contributed by atoms with Crippen LogP contribution in [0.1, 0.15) is 18.0 Å².